The molecular formula is C16H24N6O. The minimum absolute atomic E-state index is 0.0357. The van der Waals surface area contributed by atoms with Crippen molar-refractivity contribution >= 4 is 11.9 Å². The van der Waals surface area contributed by atoms with Crippen LogP contribution in [0, 0.1) is 0 Å². The highest BCUT2D eigenvalue weighted by Crippen LogP contribution is 2.20. The molecule has 0 saturated heterocycles. The molecule has 4 N–H and O–H groups in total. The van der Waals surface area contributed by atoms with Crippen molar-refractivity contribution in [3.05, 3.63) is 34.9 Å². The van der Waals surface area contributed by atoms with Gasteiger partial charge in [-0.05, 0) is 18.1 Å². The Morgan fingerprint density at radius 3 is 2.57 bits per heavy atom. The van der Waals surface area contributed by atoms with E-state index in [1.165, 1.54) is 0 Å². The van der Waals surface area contributed by atoms with Crippen molar-refractivity contribution in [1.82, 2.24) is 25.5 Å². The molecule has 1 amide bonds. The summed E-state index contributed by atoms with van der Waals surface area (Å²) in [6, 6.07) is 3.62. The Balaban J connectivity index is 2.07. The van der Waals surface area contributed by atoms with Crippen LogP contribution in [-0.4, -0.2) is 26.1 Å². The second-order valence-corrected chi connectivity index (χ2v) is 6.90. The van der Waals surface area contributed by atoms with Crippen molar-refractivity contribution in [3.63, 3.8) is 0 Å². The molecule has 0 aliphatic rings. The van der Waals surface area contributed by atoms with Crippen LogP contribution in [-0.2, 0) is 12.0 Å². The SMILES string of the molecule is CC(C)c1cc(C(=O)NCc2cc(C(C)(C)C)n[nH]2)nc(N)n1. The first-order valence-electron chi connectivity index (χ1n) is 7.64. The summed E-state index contributed by atoms with van der Waals surface area (Å²) in [4.78, 5) is 20.4. The number of nitrogens with two attached hydrogens (primary N) is 1. The number of amides is 1. The Morgan fingerprint density at radius 2 is 2.00 bits per heavy atom. The molecule has 23 heavy (non-hydrogen) atoms. The van der Waals surface area contributed by atoms with E-state index < -0.39 is 0 Å². The van der Waals surface area contributed by atoms with Crippen LogP contribution in [0.15, 0.2) is 12.1 Å². The minimum Gasteiger partial charge on any atom is -0.368 e. The van der Waals surface area contributed by atoms with Gasteiger partial charge < -0.3 is 11.1 Å². The predicted molar refractivity (Wildman–Crippen MR) is 89.0 cm³/mol. The Labute approximate surface area is 136 Å². The molecule has 0 aliphatic carbocycles. The first-order chi connectivity index (χ1) is 10.7. The second-order valence-electron chi connectivity index (χ2n) is 6.90. The summed E-state index contributed by atoms with van der Waals surface area (Å²) in [5.74, 6) is -0.000353. The fourth-order valence-corrected chi connectivity index (χ4v) is 2.00. The molecule has 0 bridgehead atoms. The van der Waals surface area contributed by atoms with Crippen molar-refractivity contribution in [2.45, 2.75) is 52.5 Å². The van der Waals surface area contributed by atoms with E-state index in [9.17, 15) is 4.79 Å². The van der Waals surface area contributed by atoms with Gasteiger partial charge in [-0.2, -0.15) is 5.10 Å². The maximum atomic E-state index is 12.3. The average molecular weight is 316 g/mol. The van der Waals surface area contributed by atoms with Crippen LogP contribution in [0.5, 0.6) is 0 Å². The van der Waals surface area contributed by atoms with E-state index in [1.807, 2.05) is 19.9 Å². The van der Waals surface area contributed by atoms with Crippen molar-refractivity contribution < 1.29 is 4.79 Å². The zero-order chi connectivity index (χ0) is 17.2. The van der Waals surface area contributed by atoms with Gasteiger partial charge in [-0.15, -0.1) is 0 Å². The number of nitrogen functional groups attached to an aromatic ring is 1. The van der Waals surface area contributed by atoms with E-state index in [0.717, 1.165) is 17.1 Å². The highest BCUT2D eigenvalue weighted by molar-refractivity contribution is 5.92. The summed E-state index contributed by atoms with van der Waals surface area (Å²) in [5, 5.41) is 10.0. The zero-order valence-corrected chi connectivity index (χ0v) is 14.3. The van der Waals surface area contributed by atoms with Gasteiger partial charge in [-0.3, -0.25) is 9.89 Å². The van der Waals surface area contributed by atoms with Crippen molar-refractivity contribution in [1.29, 1.82) is 0 Å². The number of rotatable bonds is 4. The predicted octanol–water partition coefficient (Wildman–Crippen LogP) is 2.13. The second kappa shape index (κ2) is 6.36. The lowest BCUT2D eigenvalue weighted by atomic mass is 9.92. The smallest absolute Gasteiger partial charge is 0.270 e. The van der Waals surface area contributed by atoms with Crippen LogP contribution in [0.4, 0.5) is 5.95 Å². The van der Waals surface area contributed by atoms with E-state index >= 15 is 0 Å². The number of anilines is 1. The number of hydrogen-bond donors (Lipinski definition) is 3. The number of carbonyl (C=O) groups excluding carboxylic acids is 1. The molecular weight excluding hydrogens is 292 g/mol. The molecule has 124 valence electrons. The number of nitrogens with zero attached hydrogens (tertiary/aromatic N) is 3. The van der Waals surface area contributed by atoms with Gasteiger partial charge in [0.25, 0.3) is 5.91 Å². The zero-order valence-electron chi connectivity index (χ0n) is 14.3. The molecule has 2 rings (SSSR count). The number of aromatic amines is 1. The molecule has 0 unspecified atom stereocenters. The number of carbonyl (C=O) groups is 1. The third kappa shape index (κ3) is 4.28. The van der Waals surface area contributed by atoms with E-state index in [1.54, 1.807) is 6.07 Å². The van der Waals surface area contributed by atoms with Crippen molar-refractivity contribution in [3.8, 4) is 0 Å². The van der Waals surface area contributed by atoms with Gasteiger partial charge in [0.15, 0.2) is 0 Å². The Hall–Kier alpha value is -2.44. The van der Waals surface area contributed by atoms with Gasteiger partial charge in [0.2, 0.25) is 5.95 Å². The molecule has 0 saturated carbocycles. The lowest BCUT2D eigenvalue weighted by Crippen LogP contribution is -2.25. The molecule has 2 aromatic heterocycles. The molecule has 7 nitrogen and oxygen atoms in total. The number of hydrogen-bond acceptors (Lipinski definition) is 5. The summed E-state index contributed by atoms with van der Waals surface area (Å²) in [6.07, 6.45) is 0. The summed E-state index contributed by atoms with van der Waals surface area (Å²) in [6.45, 7) is 10.6. The van der Waals surface area contributed by atoms with Crippen LogP contribution >= 0.6 is 0 Å². The number of H-pyrrole nitrogens is 1. The molecule has 0 radical (unpaired) electrons. The summed E-state index contributed by atoms with van der Waals surface area (Å²) < 4.78 is 0. The van der Waals surface area contributed by atoms with E-state index in [-0.39, 0.29) is 28.9 Å². The highest BCUT2D eigenvalue weighted by atomic mass is 16.1. The molecule has 2 heterocycles. The van der Waals surface area contributed by atoms with Gasteiger partial charge in [-0.1, -0.05) is 34.6 Å². The number of nitrogens with one attached hydrogen (secondary N) is 2. The van der Waals surface area contributed by atoms with Gasteiger partial charge in [-0.25, -0.2) is 9.97 Å². The van der Waals surface area contributed by atoms with Crippen LogP contribution in [0.25, 0.3) is 0 Å². The molecule has 0 atom stereocenters. The van der Waals surface area contributed by atoms with Crippen molar-refractivity contribution in [2.75, 3.05) is 5.73 Å². The van der Waals surface area contributed by atoms with Gasteiger partial charge in [0.05, 0.1) is 17.9 Å². The van der Waals surface area contributed by atoms with Gasteiger partial charge >= 0.3 is 0 Å². The first-order valence-corrected chi connectivity index (χ1v) is 7.64. The topological polar surface area (TPSA) is 110 Å². The van der Waals surface area contributed by atoms with Crippen LogP contribution < -0.4 is 11.1 Å². The van der Waals surface area contributed by atoms with Crippen molar-refractivity contribution in [2.24, 2.45) is 0 Å². The lowest BCUT2D eigenvalue weighted by Gasteiger charge is -2.13. The Bertz CT molecular complexity index is 699. The molecule has 0 aromatic carbocycles. The fourth-order valence-electron chi connectivity index (χ4n) is 2.00. The third-order valence-electron chi connectivity index (χ3n) is 3.43. The van der Waals surface area contributed by atoms with Crippen LogP contribution in [0.1, 0.15) is 68.1 Å². The van der Waals surface area contributed by atoms with E-state index in [4.69, 9.17) is 5.73 Å². The normalized spacial score (nSPS) is 11.7. The molecule has 0 spiro atoms. The molecule has 7 heteroatoms. The average Bonchev–Trinajstić information content (AvgIpc) is 2.93. The monoisotopic (exact) mass is 316 g/mol. The Kier molecular flexibility index (Phi) is 4.68. The highest BCUT2D eigenvalue weighted by Gasteiger charge is 2.18. The van der Waals surface area contributed by atoms with Crippen LogP contribution in [0.3, 0.4) is 0 Å². The largest absolute Gasteiger partial charge is 0.368 e. The van der Waals surface area contributed by atoms with E-state index in [0.29, 0.717) is 6.54 Å². The minimum atomic E-state index is -0.284. The summed E-state index contributed by atoms with van der Waals surface area (Å²) in [5.41, 5.74) is 8.46. The summed E-state index contributed by atoms with van der Waals surface area (Å²) in [7, 11) is 0. The molecule has 0 fully saturated rings. The van der Waals surface area contributed by atoms with E-state index in [2.05, 4.69) is 46.3 Å². The quantitative estimate of drug-likeness (QED) is 0.800. The standard InChI is InChI=1S/C16H24N6O/c1-9(2)11-7-12(20-15(17)19-11)14(23)18-8-10-6-13(22-21-10)16(3,4)5/h6-7,9H,8H2,1-5H3,(H,18,23)(H,21,22)(H2,17,19,20). The number of aromatic nitrogens is 4. The van der Waals surface area contributed by atoms with Gasteiger partial charge in [0.1, 0.15) is 5.69 Å². The van der Waals surface area contributed by atoms with Gasteiger partial charge in [0, 0.05) is 11.1 Å². The Morgan fingerprint density at radius 1 is 1.30 bits per heavy atom. The fraction of sp³-hybridized carbons (Fsp3) is 0.500. The molecule has 2 aromatic rings. The van der Waals surface area contributed by atoms with Crippen LogP contribution in [0.2, 0.25) is 0 Å². The molecule has 0 aliphatic heterocycles. The maximum Gasteiger partial charge on any atom is 0.270 e. The maximum absolute atomic E-state index is 12.3. The lowest BCUT2D eigenvalue weighted by molar-refractivity contribution is 0.0945. The third-order valence-corrected chi connectivity index (χ3v) is 3.43. The first kappa shape index (κ1) is 16.9. The summed E-state index contributed by atoms with van der Waals surface area (Å²) >= 11 is 0.